The molecule has 60 heavy (non-hydrogen) atoms. The van der Waals surface area contributed by atoms with E-state index in [2.05, 4.69) is 230 Å². The molecule has 0 spiro atoms. The van der Waals surface area contributed by atoms with Crippen molar-refractivity contribution in [3.8, 4) is 11.1 Å². The molecule has 2 heteroatoms. The lowest BCUT2D eigenvalue weighted by molar-refractivity contribution is 0.669. The molecule has 0 aliphatic heterocycles. The fraction of sp³-hybridized carbons (Fsp3) is 0.0345. The van der Waals surface area contributed by atoms with Crippen LogP contribution in [-0.4, -0.2) is 0 Å². The van der Waals surface area contributed by atoms with Crippen molar-refractivity contribution in [2.45, 2.75) is 12.3 Å². The number of hydrogen-bond donors (Lipinski definition) is 0. The van der Waals surface area contributed by atoms with Gasteiger partial charge in [0.1, 0.15) is 11.2 Å². The van der Waals surface area contributed by atoms with Gasteiger partial charge >= 0.3 is 0 Å². The van der Waals surface area contributed by atoms with Gasteiger partial charge in [0.15, 0.2) is 0 Å². The highest BCUT2D eigenvalue weighted by Crippen LogP contribution is 2.57. The van der Waals surface area contributed by atoms with Gasteiger partial charge in [0.25, 0.3) is 0 Å². The van der Waals surface area contributed by atoms with E-state index in [0.717, 1.165) is 44.6 Å². The first-order valence-electron chi connectivity index (χ1n) is 20.7. The first-order valence-corrected chi connectivity index (χ1v) is 20.7. The molecule has 1 aromatic heterocycles. The van der Waals surface area contributed by atoms with Gasteiger partial charge in [0.05, 0.1) is 5.41 Å². The van der Waals surface area contributed by atoms with E-state index >= 15 is 0 Å². The maximum Gasteiger partial charge on any atom is 0.135 e. The van der Waals surface area contributed by atoms with Crippen molar-refractivity contribution in [3.05, 3.63) is 258 Å². The van der Waals surface area contributed by atoms with E-state index in [4.69, 9.17) is 4.42 Å². The molecule has 0 unspecified atom stereocenters. The Labute approximate surface area is 350 Å². The lowest BCUT2D eigenvalue weighted by Gasteiger charge is -2.35. The van der Waals surface area contributed by atoms with Crippen LogP contribution in [-0.2, 0) is 5.41 Å². The van der Waals surface area contributed by atoms with Crippen molar-refractivity contribution in [3.63, 3.8) is 0 Å². The summed E-state index contributed by atoms with van der Waals surface area (Å²) in [6.07, 6.45) is 11.0. The van der Waals surface area contributed by atoms with Crippen LogP contribution in [0.25, 0.3) is 60.7 Å². The van der Waals surface area contributed by atoms with Crippen molar-refractivity contribution in [2.75, 3.05) is 4.90 Å². The van der Waals surface area contributed by atoms with Gasteiger partial charge in [-0.3, -0.25) is 0 Å². The minimum atomic E-state index is -0.522. The normalized spacial score (nSPS) is 13.5. The summed E-state index contributed by atoms with van der Waals surface area (Å²) in [5.41, 5.74) is 13.1. The standard InChI is InChI=1S/C58H41NO/c1-2-16-45(23-15-17-40-29-30-42-32-31-41-18-9-10-24-48(41)52(42)37-40)59(46-34-36-57-53(38-46)51-26-12-14-28-56(51)60-57)47-33-35-50-49-25-11-13-27-54(49)58(55(50)39-47,43-19-5-3-6-20-43)44-21-7-4-8-22-44/h2-39H,1H3/b16-2-,17-15+,45-23+. The third kappa shape index (κ3) is 5.72. The average Bonchev–Trinajstić information content (AvgIpc) is 3.83. The SMILES string of the molecule is C\C=C/C(=C\C=C\c1ccc2ccc3ccccc3c2c1)N(c1ccc2c(c1)C(c1ccccc1)(c1ccccc1)c1ccccc1-2)c1ccc2oc3ccccc3c2c1. The molecule has 284 valence electrons. The number of furan rings is 1. The third-order valence-corrected chi connectivity index (χ3v) is 12.2. The minimum Gasteiger partial charge on any atom is -0.456 e. The summed E-state index contributed by atoms with van der Waals surface area (Å²) < 4.78 is 6.34. The molecule has 1 aliphatic carbocycles. The summed E-state index contributed by atoms with van der Waals surface area (Å²) in [6, 6.07) is 72.7. The van der Waals surface area contributed by atoms with Gasteiger partial charge < -0.3 is 9.32 Å². The summed E-state index contributed by atoms with van der Waals surface area (Å²) in [6.45, 7) is 2.09. The Morgan fingerprint density at radius 2 is 1.10 bits per heavy atom. The lowest BCUT2D eigenvalue weighted by Crippen LogP contribution is -2.28. The monoisotopic (exact) mass is 767 g/mol. The molecule has 9 aromatic carbocycles. The highest BCUT2D eigenvalue weighted by molar-refractivity contribution is 6.08. The van der Waals surface area contributed by atoms with Crippen LogP contribution in [0, 0.1) is 0 Å². The van der Waals surface area contributed by atoms with Crippen molar-refractivity contribution in [2.24, 2.45) is 0 Å². The molecule has 1 heterocycles. The van der Waals surface area contributed by atoms with Crippen molar-refractivity contribution in [1.29, 1.82) is 0 Å². The van der Waals surface area contributed by atoms with E-state index in [1.165, 1.54) is 54.9 Å². The lowest BCUT2D eigenvalue weighted by atomic mass is 9.67. The van der Waals surface area contributed by atoms with Crippen LogP contribution in [0.2, 0.25) is 0 Å². The van der Waals surface area contributed by atoms with E-state index in [1.54, 1.807) is 0 Å². The number of fused-ring (bicyclic) bond motifs is 9. The molecule has 2 nitrogen and oxygen atoms in total. The fourth-order valence-electron chi connectivity index (χ4n) is 9.63. The molecule has 11 rings (SSSR count). The van der Waals surface area contributed by atoms with Crippen LogP contribution in [0.5, 0.6) is 0 Å². The zero-order valence-corrected chi connectivity index (χ0v) is 33.3. The zero-order valence-electron chi connectivity index (χ0n) is 33.3. The van der Waals surface area contributed by atoms with Crippen LogP contribution < -0.4 is 4.90 Å². The molecule has 0 amide bonds. The minimum absolute atomic E-state index is 0.522. The summed E-state index contributed by atoms with van der Waals surface area (Å²) >= 11 is 0. The van der Waals surface area contributed by atoms with E-state index in [0.29, 0.717) is 0 Å². The molecule has 0 atom stereocenters. The first kappa shape index (κ1) is 35.5. The van der Waals surface area contributed by atoms with Crippen LogP contribution in [0.15, 0.2) is 235 Å². The summed E-state index contributed by atoms with van der Waals surface area (Å²) in [5, 5.41) is 7.21. The van der Waals surface area contributed by atoms with E-state index in [-0.39, 0.29) is 0 Å². The molecule has 0 bridgehead atoms. The number of nitrogens with zero attached hydrogens (tertiary/aromatic N) is 1. The van der Waals surface area contributed by atoms with Gasteiger partial charge in [-0.1, -0.05) is 176 Å². The van der Waals surface area contributed by atoms with Gasteiger partial charge in [-0.05, 0) is 122 Å². The Kier molecular flexibility index (Phi) is 8.64. The maximum absolute atomic E-state index is 6.34. The van der Waals surface area contributed by atoms with Crippen LogP contribution in [0.3, 0.4) is 0 Å². The van der Waals surface area contributed by atoms with Gasteiger partial charge in [-0.2, -0.15) is 0 Å². The maximum atomic E-state index is 6.34. The van der Waals surface area contributed by atoms with E-state index < -0.39 is 5.41 Å². The molecular weight excluding hydrogens is 727 g/mol. The second-order valence-corrected chi connectivity index (χ2v) is 15.6. The molecule has 0 saturated carbocycles. The van der Waals surface area contributed by atoms with E-state index in [9.17, 15) is 0 Å². The van der Waals surface area contributed by atoms with Crippen molar-refractivity contribution < 1.29 is 4.42 Å². The number of hydrogen-bond acceptors (Lipinski definition) is 2. The molecular formula is C58H41NO. The molecule has 0 fully saturated rings. The van der Waals surface area contributed by atoms with Crippen molar-refractivity contribution >= 4 is 60.9 Å². The Morgan fingerprint density at radius 1 is 0.483 bits per heavy atom. The largest absolute Gasteiger partial charge is 0.456 e. The Bertz CT molecular complexity index is 3290. The molecule has 0 radical (unpaired) electrons. The number of anilines is 2. The van der Waals surface area contributed by atoms with Gasteiger partial charge in [-0.15, -0.1) is 0 Å². The number of rotatable bonds is 8. The highest BCUT2D eigenvalue weighted by Gasteiger charge is 2.46. The Morgan fingerprint density at radius 3 is 1.90 bits per heavy atom. The Hall–Kier alpha value is -7.68. The number of allylic oxidation sites excluding steroid dienone is 4. The molecule has 0 N–H and O–H groups in total. The summed E-state index contributed by atoms with van der Waals surface area (Å²) in [5.74, 6) is 0. The van der Waals surface area contributed by atoms with Crippen LogP contribution in [0.1, 0.15) is 34.7 Å². The number of benzene rings is 9. The van der Waals surface area contributed by atoms with Crippen molar-refractivity contribution in [1.82, 2.24) is 0 Å². The molecule has 0 saturated heterocycles. The average molecular weight is 768 g/mol. The van der Waals surface area contributed by atoms with Gasteiger partial charge in [-0.25, -0.2) is 0 Å². The van der Waals surface area contributed by atoms with Gasteiger partial charge in [0.2, 0.25) is 0 Å². The van der Waals surface area contributed by atoms with E-state index in [1.807, 2.05) is 12.1 Å². The predicted molar refractivity (Wildman–Crippen MR) is 253 cm³/mol. The summed E-state index contributed by atoms with van der Waals surface area (Å²) in [7, 11) is 0. The van der Waals surface area contributed by atoms with Gasteiger partial charge in [0, 0.05) is 27.8 Å². The quantitative estimate of drug-likeness (QED) is 0.113. The second kappa shape index (κ2) is 14.6. The Balaban J connectivity index is 1.12. The fourth-order valence-corrected chi connectivity index (χ4v) is 9.63. The van der Waals surface area contributed by atoms with Crippen LogP contribution >= 0.6 is 0 Å². The zero-order chi connectivity index (χ0) is 40.0. The number of para-hydroxylation sites is 1. The molecule has 10 aromatic rings. The second-order valence-electron chi connectivity index (χ2n) is 15.6. The summed E-state index contributed by atoms with van der Waals surface area (Å²) in [4.78, 5) is 2.39. The predicted octanol–water partition coefficient (Wildman–Crippen LogP) is 15.6. The topological polar surface area (TPSA) is 16.4 Å². The molecule has 1 aliphatic rings. The first-order chi connectivity index (χ1) is 29.7. The van der Waals surface area contributed by atoms with Crippen LogP contribution in [0.4, 0.5) is 11.4 Å². The highest BCUT2D eigenvalue weighted by atomic mass is 16.3. The third-order valence-electron chi connectivity index (χ3n) is 12.2. The smallest absolute Gasteiger partial charge is 0.135 e.